The van der Waals surface area contributed by atoms with Crippen LogP contribution in [0.25, 0.3) is 11.3 Å². The summed E-state index contributed by atoms with van der Waals surface area (Å²) < 4.78 is 13.4. The molecule has 3 N–H and O–H groups in total. The quantitative estimate of drug-likeness (QED) is 0.676. The summed E-state index contributed by atoms with van der Waals surface area (Å²) in [5.74, 6) is -0.177. The first-order valence-electron chi connectivity index (χ1n) is 9.88. The molecule has 1 fully saturated rings. The van der Waals surface area contributed by atoms with Crippen LogP contribution in [0, 0.1) is 5.82 Å². The van der Waals surface area contributed by atoms with Crippen LogP contribution in [0.3, 0.4) is 0 Å². The lowest BCUT2D eigenvalue weighted by Crippen LogP contribution is -2.44. The van der Waals surface area contributed by atoms with Crippen molar-refractivity contribution in [2.75, 3.05) is 18.8 Å². The molecular weight excluding hydrogens is 383 g/mol. The van der Waals surface area contributed by atoms with E-state index in [1.807, 2.05) is 0 Å². The SMILES string of the molecule is Nc1ncc(CN2CCC(NC(=O)c3ccc(-c4cccc(F)c4)nc3)CC2)cn1. The third kappa shape index (κ3) is 4.96. The molecule has 8 heteroatoms. The van der Waals surface area contributed by atoms with E-state index in [0.29, 0.717) is 16.8 Å². The number of nitrogen functional groups attached to an aromatic ring is 1. The van der Waals surface area contributed by atoms with Gasteiger partial charge in [-0.3, -0.25) is 14.7 Å². The Morgan fingerprint density at radius 1 is 1.10 bits per heavy atom. The van der Waals surface area contributed by atoms with Gasteiger partial charge in [-0.1, -0.05) is 12.1 Å². The largest absolute Gasteiger partial charge is 0.368 e. The fourth-order valence-corrected chi connectivity index (χ4v) is 3.56. The van der Waals surface area contributed by atoms with Crippen LogP contribution < -0.4 is 11.1 Å². The molecule has 0 bridgehead atoms. The number of halogens is 1. The number of piperidine rings is 1. The van der Waals surface area contributed by atoms with E-state index in [1.54, 1.807) is 36.7 Å². The van der Waals surface area contributed by atoms with Gasteiger partial charge in [0.2, 0.25) is 5.95 Å². The second kappa shape index (κ2) is 8.96. The molecule has 154 valence electrons. The predicted octanol–water partition coefficient (Wildman–Crippen LogP) is 2.65. The van der Waals surface area contributed by atoms with Gasteiger partial charge in [-0.15, -0.1) is 0 Å². The normalized spacial score (nSPS) is 15.1. The first-order chi connectivity index (χ1) is 14.6. The van der Waals surface area contributed by atoms with Gasteiger partial charge in [0, 0.05) is 55.4 Å². The summed E-state index contributed by atoms with van der Waals surface area (Å²) >= 11 is 0. The van der Waals surface area contributed by atoms with Crippen LogP contribution in [0.4, 0.5) is 10.3 Å². The molecular formula is C22H23FN6O. The molecule has 3 heterocycles. The van der Waals surface area contributed by atoms with Crippen LogP contribution in [0.15, 0.2) is 55.0 Å². The second-order valence-corrected chi connectivity index (χ2v) is 7.42. The molecule has 0 saturated carbocycles. The number of amides is 1. The Morgan fingerprint density at radius 2 is 1.87 bits per heavy atom. The average Bonchev–Trinajstić information content (AvgIpc) is 2.77. The number of nitrogens with zero attached hydrogens (tertiary/aromatic N) is 4. The summed E-state index contributed by atoms with van der Waals surface area (Å²) in [6.07, 6.45) is 6.77. The number of nitrogens with two attached hydrogens (primary N) is 1. The number of rotatable bonds is 5. The molecule has 0 atom stereocenters. The molecule has 1 aliphatic heterocycles. The smallest absolute Gasteiger partial charge is 0.253 e. The van der Waals surface area contributed by atoms with Crippen LogP contribution in [0.1, 0.15) is 28.8 Å². The van der Waals surface area contributed by atoms with E-state index in [9.17, 15) is 9.18 Å². The second-order valence-electron chi connectivity index (χ2n) is 7.42. The first kappa shape index (κ1) is 19.9. The fourth-order valence-electron chi connectivity index (χ4n) is 3.56. The molecule has 0 unspecified atom stereocenters. The van der Waals surface area contributed by atoms with Crippen molar-refractivity contribution >= 4 is 11.9 Å². The predicted molar refractivity (Wildman–Crippen MR) is 112 cm³/mol. The number of benzene rings is 1. The van der Waals surface area contributed by atoms with E-state index in [0.717, 1.165) is 38.0 Å². The average molecular weight is 406 g/mol. The standard InChI is InChI=1S/C22H23FN6O/c23-18-3-1-2-16(10-18)20-5-4-17(13-25-20)21(30)28-19-6-8-29(9-7-19)14-15-11-26-22(24)27-12-15/h1-5,10-13,19H,6-9,14H2,(H,28,30)(H2,24,26,27). The van der Waals surface area contributed by atoms with Gasteiger partial charge in [0.05, 0.1) is 11.3 Å². The molecule has 0 radical (unpaired) electrons. The Balaban J connectivity index is 1.29. The highest BCUT2D eigenvalue weighted by molar-refractivity contribution is 5.94. The van der Waals surface area contributed by atoms with E-state index in [1.165, 1.54) is 18.3 Å². The molecule has 4 rings (SSSR count). The molecule has 7 nitrogen and oxygen atoms in total. The minimum Gasteiger partial charge on any atom is -0.368 e. The molecule has 2 aromatic heterocycles. The minimum atomic E-state index is -0.314. The summed E-state index contributed by atoms with van der Waals surface area (Å²) in [5.41, 5.74) is 8.35. The van der Waals surface area contributed by atoms with Crippen LogP contribution in [-0.4, -0.2) is 44.9 Å². The zero-order valence-electron chi connectivity index (χ0n) is 16.5. The van der Waals surface area contributed by atoms with Crippen molar-refractivity contribution in [3.63, 3.8) is 0 Å². The van der Waals surface area contributed by atoms with E-state index < -0.39 is 0 Å². The Morgan fingerprint density at radius 3 is 2.53 bits per heavy atom. The Kier molecular flexibility index (Phi) is 5.94. The van der Waals surface area contributed by atoms with Crippen molar-refractivity contribution in [2.45, 2.75) is 25.4 Å². The highest BCUT2D eigenvalue weighted by atomic mass is 19.1. The Labute approximate surface area is 174 Å². The summed E-state index contributed by atoms with van der Waals surface area (Å²) in [6, 6.07) is 9.82. The molecule has 1 saturated heterocycles. The highest BCUT2D eigenvalue weighted by Crippen LogP contribution is 2.18. The lowest BCUT2D eigenvalue weighted by Gasteiger charge is -2.32. The number of anilines is 1. The molecule has 0 spiro atoms. The van der Waals surface area contributed by atoms with Gasteiger partial charge in [0.25, 0.3) is 5.91 Å². The van der Waals surface area contributed by atoms with Crippen molar-refractivity contribution in [3.05, 3.63) is 71.9 Å². The first-order valence-corrected chi connectivity index (χ1v) is 9.88. The van der Waals surface area contributed by atoms with E-state index in [4.69, 9.17) is 5.73 Å². The minimum absolute atomic E-state index is 0.124. The number of likely N-dealkylation sites (tertiary alicyclic amines) is 1. The number of pyridine rings is 1. The third-order valence-corrected chi connectivity index (χ3v) is 5.20. The summed E-state index contributed by atoms with van der Waals surface area (Å²) in [4.78, 5) is 27.2. The van der Waals surface area contributed by atoms with Crippen molar-refractivity contribution in [3.8, 4) is 11.3 Å². The van der Waals surface area contributed by atoms with Gasteiger partial charge in [0.15, 0.2) is 0 Å². The molecule has 1 aliphatic rings. The molecule has 30 heavy (non-hydrogen) atoms. The topological polar surface area (TPSA) is 97.0 Å². The van der Waals surface area contributed by atoms with Gasteiger partial charge in [0.1, 0.15) is 5.82 Å². The van der Waals surface area contributed by atoms with Crippen molar-refractivity contribution < 1.29 is 9.18 Å². The maximum Gasteiger partial charge on any atom is 0.253 e. The molecule has 0 aliphatic carbocycles. The maximum absolute atomic E-state index is 13.4. The van der Waals surface area contributed by atoms with Gasteiger partial charge in [-0.2, -0.15) is 0 Å². The number of nitrogens with one attached hydrogen (secondary N) is 1. The van der Waals surface area contributed by atoms with Gasteiger partial charge in [-0.05, 0) is 37.1 Å². The number of hydrogen-bond donors (Lipinski definition) is 2. The number of carbonyl (C=O) groups excluding carboxylic acids is 1. The Hall–Kier alpha value is -3.39. The summed E-state index contributed by atoms with van der Waals surface area (Å²) in [5, 5.41) is 3.09. The fraction of sp³-hybridized carbons (Fsp3) is 0.273. The zero-order valence-corrected chi connectivity index (χ0v) is 16.5. The van der Waals surface area contributed by atoms with Gasteiger partial charge >= 0.3 is 0 Å². The van der Waals surface area contributed by atoms with Crippen molar-refractivity contribution in [1.29, 1.82) is 0 Å². The van der Waals surface area contributed by atoms with Crippen LogP contribution in [0.5, 0.6) is 0 Å². The zero-order chi connectivity index (χ0) is 20.9. The monoisotopic (exact) mass is 406 g/mol. The van der Waals surface area contributed by atoms with Crippen LogP contribution in [-0.2, 0) is 6.54 Å². The van der Waals surface area contributed by atoms with E-state index in [2.05, 4.69) is 25.2 Å². The lowest BCUT2D eigenvalue weighted by molar-refractivity contribution is 0.0908. The maximum atomic E-state index is 13.4. The number of aromatic nitrogens is 3. The van der Waals surface area contributed by atoms with Gasteiger partial charge in [-0.25, -0.2) is 14.4 Å². The van der Waals surface area contributed by atoms with E-state index in [-0.39, 0.29) is 23.7 Å². The molecule has 1 amide bonds. The molecule has 3 aromatic rings. The van der Waals surface area contributed by atoms with Crippen LogP contribution in [0.2, 0.25) is 0 Å². The van der Waals surface area contributed by atoms with Crippen LogP contribution >= 0.6 is 0 Å². The highest BCUT2D eigenvalue weighted by Gasteiger charge is 2.21. The Bertz CT molecular complexity index is 1000. The molecule has 1 aromatic carbocycles. The van der Waals surface area contributed by atoms with E-state index >= 15 is 0 Å². The summed E-state index contributed by atoms with van der Waals surface area (Å²) in [7, 11) is 0. The van der Waals surface area contributed by atoms with Crippen molar-refractivity contribution in [2.24, 2.45) is 0 Å². The van der Waals surface area contributed by atoms with Gasteiger partial charge < -0.3 is 11.1 Å². The third-order valence-electron chi connectivity index (χ3n) is 5.20. The number of hydrogen-bond acceptors (Lipinski definition) is 6. The summed E-state index contributed by atoms with van der Waals surface area (Å²) in [6.45, 7) is 2.53. The number of carbonyl (C=O) groups is 1. The lowest BCUT2D eigenvalue weighted by atomic mass is 10.0. The van der Waals surface area contributed by atoms with Crippen molar-refractivity contribution in [1.82, 2.24) is 25.2 Å².